The van der Waals surface area contributed by atoms with E-state index in [1.54, 1.807) is 0 Å². The first-order valence-electron chi connectivity index (χ1n) is 5.38. The van der Waals surface area contributed by atoms with Crippen molar-refractivity contribution in [2.75, 3.05) is 33.1 Å². The molecule has 0 unspecified atom stereocenters. The van der Waals surface area contributed by atoms with Gasteiger partial charge in [-0.05, 0) is 38.4 Å². The normalized spacial score (nSPS) is 11.9. The Bertz CT molecular complexity index is 363. The molecule has 0 saturated heterocycles. The number of nitrogens with zero attached hydrogens (tertiary/aromatic N) is 2. The van der Waals surface area contributed by atoms with Crippen LogP contribution >= 0.6 is 11.6 Å². The predicted octanol–water partition coefficient (Wildman–Crippen LogP) is 1.85. The zero-order valence-corrected chi connectivity index (χ0v) is 10.9. The fourth-order valence-corrected chi connectivity index (χ4v) is 1.22. The van der Waals surface area contributed by atoms with Crippen LogP contribution < -0.4 is 10.5 Å². The van der Waals surface area contributed by atoms with Crippen LogP contribution in [-0.4, -0.2) is 43.9 Å². The van der Waals surface area contributed by atoms with Crippen molar-refractivity contribution in [2.24, 2.45) is 10.7 Å². The van der Waals surface area contributed by atoms with E-state index in [2.05, 4.69) is 9.89 Å². The fraction of sp³-hybridized carbons (Fsp3) is 0.417. The van der Waals surface area contributed by atoms with E-state index in [1.165, 1.54) is 0 Å². The zero-order chi connectivity index (χ0) is 12.7. The number of benzene rings is 1. The average molecular weight is 256 g/mol. The minimum absolute atomic E-state index is 0.237. The van der Waals surface area contributed by atoms with E-state index in [0.717, 1.165) is 18.0 Å². The Kier molecular flexibility index (Phi) is 5.80. The molecule has 17 heavy (non-hydrogen) atoms. The lowest BCUT2D eigenvalue weighted by atomic mass is 10.3. The number of hydrogen-bond donors (Lipinski definition) is 1. The Labute approximate surface area is 107 Å². The van der Waals surface area contributed by atoms with E-state index < -0.39 is 0 Å². The summed E-state index contributed by atoms with van der Waals surface area (Å²) in [4.78, 5) is 6.20. The monoisotopic (exact) mass is 255 g/mol. The summed E-state index contributed by atoms with van der Waals surface area (Å²) in [6.45, 7) is 1.55. The van der Waals surface area contributed by atoms with E-state index in [1.807, 2.05) is 38.4 Å². The van der Waals surface area contributed by atoms with E-state index >= 15 is 0 Å². The molecule has 0 heterocycles. The second kappa shape index (κ2) is 7.14. The summed E-state index contributed by atoms with van der Waals surface area (Å²) in [5, 5.41) is 0. The fourth-order valence-electron chi connectivity index (χ4n) is 1.16. The first-order valence-corrected chi connectivity index (χ1v) is 5.92. The van der Waals surface area contributed by atoms with Gasteiger partial charge < -0.3 is 15.4 Å². The molecule has 2 N–H and O–H groups in total. The van der Waals surface area contributed by atoms with Gasteiger partial charge >= 0.3 is 0 Å². The summed E-state index contributed by atoms with van der Waals surface area (Å²) in [6.07, 6.45) is 0. The average Bonchev–Trinajstić information content (AvgIpc) is 2.31. The number of ether oxygens (including phenoxy) is 1. The van der Waals surface area contributed by atoms with Crippen molar-refractivity contribution in [2.45, 2.75) is 0 Å². The smallest absolute Gasteiger partial charge is 0.119 e. The topological polar surface area (TPSA) is 50.8 Å². The largest absolute Gasteiger partial charge is 0.492 e. The molecule has 1 rings (SSSR count). The van der Waals surface area contributed by atoms with Gasteiger partial charge in [-0.15, -0.1) is 11.6 Å². The van der Waals surface area contributed by atoms with Crippen LogP contribution in [0.5, 0.6) is 5.75 Å². The summed E-state index contributed by atoms with van der Waals surface area (Å²) in [7, 11) is 4.02. The van der Waals surface area contributed by atoms with Gasteiger partial charge in [-0.3, -0.25) is 0 Å². The third-order valence-corrected chi connectivity index (χ3v) is 2.33. The molecule has 1 aromatic carbocycles. The van der Waals surface area contributed by atoms with Gasteiger partial charge in [-0.25, -0.2) is 4.99 Å². The van der Waals surface area contributed by atoms with Crippen LogP contribution in [0.15, 0.2) is 29.3 Å². The molecular weight excluding hydrogens is 238 g/mol. The predicted molar refractivity (Wildman–Crippen MR) is 72.5 cm³/mol. The van der Waals surface area contributed by atoms with Gasteiger partial charge in [0.15, 0.2) is 0 Å². The molecule has 0 aliphatic heterocycles. The SMILES string of the molecule is CN(C)CCOc1ccc(N=C(N)CCl)cc1. The van der Waals surface area contributed by atoms with Crippen molar-refractivity contribution in [3.63, 3.8) is 0 Å². The Morgan fingerprint density at radius 2 is 2.00 bits per heavy atom. The number of rotatable bonds is 6. The molecule has 0 aliphatic carbocycles. The van der Waals surface area contributed by atoms with Crippen molar-refractivity contribution in [3.8, 4) is 5.75 Å². The van der Waals surface area contributed by atoms with Gasteiger partial charge in [-0.1, -0.05) is 0 Å². The van der Waals surface area contributed by atoms with Gasteiger partial charge in [0, 0.05) is 6.54 Å². The van der Waals surface area contributed by atoms with Crippen LogP contribution in [0, 0.1) is 0 Å². The quantitative estimate of drug-likeness (QED) is 0.480. The molecule has 0 saturated carbocycles. The summed E-state index contributed by atoms with van der Waals surface area (Å²) in [5.74, 6) is 1.48. The van der Waals surface area contributed by atoms with Crippen molar-refractivity contribution < 1.29 is 4.74 Å². The lowest BCUT2D eigenvalue weighted by Gasteiger charge is -2.10. The minimum Gasteiger partial charge on any atom is -0.492 e. The Hall–Kier alpha value is -1.26. The van der Waals surface area contributed by atoms with Crippen LogP contribution in [0.3, 0.4) is 0 Å². The lowest BCUT2D eigenvalue weighted by molar-refractivity contribution is 0.261. The number of amidine groups is 1. The van der Waals surface area contributed by atoms with Crippen LogP contribution in [0.4, 0.5) is 5.69 Å². The highest BCUT2D eigenvalue weighted by atomic mass is 35.5. The first-order chi connectivity index (χ1) is 8.11. The lowest BCUT2D eigenvalue weighted by Crippen LogP contribution is -2.19. The molecular formula is C12H18ClN3O. The number of nitrogens with two attached hydrogens (primary N) is 1. The number of hydrogen-bond acceptors (Lipinski definition) is 3. The standard InChI is InChI=1S/C12H18ClN3O/c1-16(2)7-8-17-11-5-3-10(4-6-11)15-12(14)9-13/h3-6H,7-9H2,1-2H3,(H2,14,15). The molecule has 0 spiro atoms. The Morgan fingerprint density at radius 3 is 2.53 bits per heavy atom. The van der Waals surface area contributed by atoms with Gasteiger partial charge in [0.05, 0.1) is 11.6 Å². The molecule has 94 valence electrons. The molecule has 5 heteroatoms. The molecule has 0 fully saturated rings. The second-order valence-electron chi connectivity index (χ2n) is 3.88. The van der Waals surface area contributed by atoms with E-state index in [-0.39, 0.29) is 5.88 Å². The van der Waals surface area contributed by atoms with Crippen molar-refractivity contribution in [1.29, 1.82) is 0 Å². The summed E-state index contributed by atoms with van der Waals surface area (Å²) >= 11 is 5.55. The zero-order valence-electron chi connectivity index (χ0n) is 10.2. The molecule has 1 aromatic rings. The van der Waals surface area contributed by atoms with Gasteiger partial charge in [0.2, 0.25) is 0 Å². The highest BCUT2D eigenvalue weighted by Crippen LogP contribution is 2.18. The number of likely N-dealkylation sites (N-methyl/N-ethyl adjacent to an activating group) is 1. The minimum atomic E-state index is 0.237. The van der Waals surface area contributed by atoms with E-state index in [9.17, 15) is 0 Å². The molecule has 0 aliphatic rings. The first kappa shape index (κ1) is 13.8. The third kappa shape index (κ3) is 5.56. The maximum absolute atomic E-state index is 5.56. The highest BCUT2D eigenvalue weighted by Gasteiger charge is 1.96. The number of aliphatic imine (C=N–C) groups is 1. The van der Waals surface area contributed by atoms with Crippen molar-refractivity contribution in [3.05, 3.63) is 24.3 Å². The van der Waals surface area contributed by atoms with Crippen LogP contribution in [0.25, 0.3) is 0 Å². The number of alkyl halides is 1. The maximum Gasteiger partial charge on any atom is 0.119 e. The van der Waals surface area contributed by atoms with Crippen LogP contribution in [-0.2, 0) is 0 Å². The van der Waals surface area contributed by atoms with Gasteiger partial charge in [0.25, 0.3) is 0 Å². The van der Waals surface area contributed by atoms with E-state index in [0.29, 0.717) is 12.4 Å². The second-order valence-corrected chi connectivity index (χ2v) is 4.15. The van der Waals surface area contributed by atoms with Crippen LogP contribution in [0.2, 0.25) is 0 Å². The third-order valence-electron chi connectivity index (χ3n) is 2.05. The molecule has 0 radical (unpaired) electrons. The maximum atomic E-state index is 5.56. The number of halogens is 1. The van der Waals surface area contributed by atoms with Crippen molar-refractivity contribution >= 4 is 23.1 Å². The molecule has 0 aromatic heterocycles. The van der Waals surface area contributed by atoms with Crippen molar-refractivity contribution in [1.82, 2.24) is 4.90 Å². The molecule has 0 amide bonds. The van der Waals surface area contributed by atoms with Gasteiger partial charge in [-0.2, -0.15) is 0 Å². The molecule has 0 bridgehead atoms. The Balaban J connectivity index is 2.50. The summed E-state index contributed by atoms with van der Waals surface area (Å²) < 4.78 is 5.56. The van der Waals surface area contributed by atoms with E-state index in [4.69, 9.17) is 22.1 Å². The molecule has 4 nitrogen and oxygen atoms in total. The summed E-state index contributed by atoms with van der Waals surface area (Å²) in [6, 6.07) is 7.45. The summed E-state index contributed by atoms with van der Waals surface area (Å²) in [5.41, 5.74) is 6.32. The Morgan fingerprint density at radius 1 is 1.35 bits per heavy atom. The highest BCUT2D eigenvalue weighted by molar-refractivity contribution is 6.28. The molecule has 0 atom stereocenters. The van der Waals surface area contributed by atoms with Gasteiger partial charge in [0.1, 0.15) is 18.2 Å². The van der Waals surface area contributed by atoms with Crippen LogP contribution in [0.1, 0.15) is 0 Å².